The van der Waals surface area contributed by atoms with Crippen LogP contribution in [0.4, 0.5) is 23.2 Å². The van der Waals surface area contributed by atoms with E-state index in [0.29, 0.717) is 5.71 Å². The van der Waals surface area contributed by atoms with Gasteiger partial charge in [0.15, 0.2) is 17.5 Å². The quantitative estimate of drug-likeness (QED) is 0.430. The van der Waals surface area contributed by atoms with E-state index in [-0.39, 0.29) is 13.1 Å². The number of furan rings is 1. The van der Waals surface area contributed by atoms with Crippen LogP contribution in [0, 0.1) is 6.92 Å². The normalized spacial score (nSPS) is 17.6. The Morgan fingerprint density at radius 1 is 0.969 bits per heavy atom. The van der Waals surface area contributed by atoms with E-state index in [1.807, 2.05) is 31.2 Å². The lowest BCUT2D eigenvalue weighted by Crippen LogP contribution is -2.58. The Morgan fingerprint density at radius 2 is 1.72 bits per heavy atom. The second kappa shape index (κ2) is 6.85. The summed E-state index contributed by atoms with van der Waals surface area (Å²) in [7, 11) is 2.07. The molecule has 1 atom stereocenters. The molecule has 0 radical (unpaired) electrons. The van der Waals surface area contributed by atoms with Crippen molar-refractivity contribution in [3.8, 4) is 0 Å². The number of rotatable bonds is 2. The lowest BCUT2D eigenvalue weighted by atomic mass is 9.61. The van der Waals surface area contributed by atoms with Crippen LogP contribution in [0.15, 0.2) is 64.7 Å². The molecule has 6 rings (SSSR count). The van der Waals surface area contributed by atoms with E-state index in [2.05, 4.69) is 64.7 Å². The van der Waals surface area contributed by atoms with Gasteiger partial charge in [-0.1, -0.05) is 29.7 Å². The zero-order valence-corrected chi connectivity index (χ0v) is 18.5. The van der Waals surface area contributed by atoms with Gasteiger partial charge in [0.2, 0.25) is 5.71 Å². The summed E-state index contributed by atoms with van der Waals surface area (Å²) < 4.78 is 6.25. The minimum atomic E-state index is -0.0664. The molecule has 0 bridgehead atoms. The number of anilines is 4. The van der Waals surface area contributed by atoms with Crippen LogP contribution in [0.5, 0.6) is 0 Å². The maximum Gasteiger partial charge on any atom is 0.411 e. The molecule has 0 N–H and O–H groups in total. The standard InChI is InChI=1S/C24H23BN6O/c1-15-14-20-19-11-10-16(2)28-23(19)32-24(20)29(4)25(15)31-17(3)30(18-8-6-5-7-9-18)21-22(31)27-13-12-26-21/h5-14,17H,1-4H3/t17-/m0/s1. The number of allylic oxidation sites excluding steroid dienone is 1. The summed E-state index contributed by atoms with van der Waals surface area (Å²) in [6, 6.07) is 14.5. The number of fused-ring (bicyclic) bond motifs is 4. The fraction of sp³-hybridized carbons (Fsp3) is 0.208. The Bertz CT molecular complexity index is 1370. The van der Waals surface area contributed by atoms with Gasteiger partial charge >= 0.3 is 6.98 Å². The number of hydrogen-bond donors (Lipinski definition) is 0. The first-order valence-corrected chi connectivity index (χ1v) is 10.8. The first-order valence-electron chi connectivity index (χ1n) is 10.8. The van der Waals surface area contributed by atoms with Crippen molar-refractivity contribution in [2.75, 3.05) is 21.6 Å². The zero-order chi connectivity index (χ0) is 22.0. The minimum absolute atomic E-state index is 0.0110. The third-order valence-corrected chi connectivity index (χ3v) is 6.39. The lowest BCUT2D eigenvalue weighted by molar-refractivity contribution is 0.604. The number of hydrogen-bond acceptors (Lipinski definition) is 7. The molecule has 0 unspecified atom stereocenters. The molecule has 1 aromatic carbocycles. The third kappa shape index (κ3) is 2.59. The molecule has 3 aromatic heterocycles. The molecule has 0 fully saturated rings. The molecule has 8 heteroatoms. The van der Waals surface area contributed by atoms with Crippen molar-refractivity contribution in [3.63, 3.8) is 0 Å². The summed E-state index contributed by atoms with van der Waals surface area (Å²) in [6.45, 7) is 6.27. The van der Waals surface area contributed by atoms with Crippen LogP contribution < -0.4 is 14.5 Å². The van der Waals surface area contributed by atoms with Gasteiger partial charge in [0.1, 0.15) is 0 Å². The van der Waals surface area contributed by atoms with Crippen LogP contribution in [0.2, 0.25) is 0 Å². The SMILES string of the molecule is CC1=Cc2c(oc3nc(C)ccc23)N(C)B1N1c2nccnc2N(c2ccccc2)[C@@H]1C. The second-order valence-electron chi connectivity index (χ2n) is 8.45. The average Bonchev–Trinajstić information content (AvgIpc) is 3.29. The van der Waals surface area contributed by atoms with E-state index < -0.39 is 0 Å². The summed E-state index contributed by atoms with van der Waals surface area (Å²) in [6.07, 6.45) is 5.74. The number of pyridine rings is 1. The molecule has 5 heterocycles. The van der Waals surface area contributed by atoms with Crippen molar-refractivity contribution in [3.05, 3.63) is 71.6 Å². The molecule has 0 amide bonds. The highest BCUT2D eigenvalue weighted by Crippen LogP contribution is 2.45. The van der Waals surface area contributed by atoms with Gasteiger partial charge in [-0.2, -0.15) is 0 Å². The smallest absolute Gasteiger partial charge is 0.411 e. The highest BCUT2D eigenvalue weighted by atomic mass is 16.4. The molecule has 158 valence electrons. The number of aromatic nitrogens is 3. The van der Waals surface area contributed by atoms with Gasteiger partial charge < -0.3 is 18.9 Å². The van der Waals surface area contributed by atoms with E-state index in [9.17, 15) is 0 Å². The predicted octanol–water partition coefficient (Wildman–Crippen LogP) is 4.81. The molecule has 2 aliphatic heterocycles. The molecule has 0 aliphatic carbocycles. The van der Waals surface area contributed by atoms with Gasteiger partial charge in [-0.3, -0.25) is 0 Å². The minimum Gasteiger partial charge on any atom is -0.423 e. The maximum absolute atomic E-state index is 6.25. The Hall–Kier alpha value is -3.81. The number of benzene rings is 1. The van der Waals surface area contributed by atoms with E-state index in [1.54, 1.807) is 12.4 Å². The average molecular weight is 422 g/mol. The predicted molar refractivity (Wildman–Crippen MR) is 129 cm³/mol. The molecule has 7 nitrogen and oxygen atoms in total. The third-order valence-electron chi connectivity index (χ3n) is 6.39. The number of nitrogens with zero attached hydrogens (tertiary/aromatic N) is 6. The zero-order valence-electron chi connectivity index (χ0n) is 18.5. The van der Waals surface area contributed by atoms with Crippen molar-refractivity contribution in [1.29, 1.82) is 0 Å². The molecule has 32 heavy (non-hydrogen) atoms. The topological polar surface area (TPSA) is 61.5 Å². The fourth-order valence-corrected chi connectivity index (χ4v) is 5.00. The summed E-state index contributed by atoms with van der Waals surface area (Å²) >= 11 is 0. The summed E-state index contributed by atoms with van der Waals surface area (Å²) in [5.41, 5.74) is 5.00. The molecular weight excluding hydrogens is 399 g/mol. The Kier molecular flexibility index (Phi) is 4.05. The van der Waals surface area contributed by atoms with Crippen molar-refractivity contribution >= 4 is 47.4 Å². The van der Waals surface area contributed by atoms with Gasteiger partial charge in [0, 0.05) is 34.7 Å². The summed E-state index contributed by atoms with van der Waals surface area (Å²) in [5.74, 6) is 2.55. The van der Waals surface area contributed by atoms with Gasteiger partial charge in [0.05, 0.1) is 6.17 Å². The number of aryl methyl sites for hydroxylation is 1. The van der Waals surface area contributed by atoms with E-state index in [1.165, 1.54) is 5.47 Å². The van der Waals surface area contributed by atoms with Crippen LogP contribution in [-0.4, -0.2) is 35.1 Å². The van der Waals surface area contributed by atoms with E-state index >= 15 is 0 Å². The van der Waals surface area contributed by atoms with Crippen LogP contribution in [-0.2, 0) is 0 Å². The number of para-hydroxylation sites is 1. The molecule has 4 aromatic rings. The van der Waals surface area contributed by atoms with Crippen molar-refractivity contribution < 1.29 is 4.42 Å². The second-order valence-corrected chi connectivity index (χ2v) is 8.45. The van der Waals surface area contributed by atoms with E-state index in [4.69, 9.17) is 14.4 Å². The fourth-order valence-electron chi connectivity index (χ4n) is 5.00. The highest BCUT2D eigenvalue weighted by Gasteiger charge is 2.47. The van der Waals surface area contributed by atoms with Crippen LogP contribution in [0.3, 0.4) is 0 Å². The van der Waals surface area contributed by atoms with Gasteiger partial charge in [-0.25, -0.2) is 15.0 Å². The lowest BCUT2D eigenvalue weighted by Gasteiger charge is -2.39. The van der Waals surface area contributed by atoms with Crippen LogP contribution in [0.1, 0.15) is 25.1 Å². The van der Waals surface area contributed by atoms with Gasteiger partial charge in [-0.05, 0) is 52.1 Å². The Morgan fingerprint density at radius 3 is 2.50 bits per heavy atom. The van der Waals surface area contributed by atoms with Crippen LogP contribution in [0.25, 0.3) is 17.2 Å². The first kappa shape index (κ1) is 18.9. The Labute approximate surface area is 187 Å². The van der Waals surface area contributed by atoms with Crippen molar-refractivity contribution in [1.82, 2.24) is 15.0 Å². The van der Waals surface area contributed by atoms with Gasteiger partial charge in [0.25, 0.3) is 0 Å². The molecule has 0 saturated heterocycles. The highest BCUT2D eigenvalue weighted by molar-refractivity contribution is 6.75. The monoisotopic (exact) mass is 422 g/mol. The van der Waals surface area contributed by atoms with Crippen LogP contribution >= 0.6 is 0 Å². The van der Waals surface area contributed by atoms with Crippen molar-refractivity contribution in [2.24, 2.45) is 0 Å². The van der Waals surface area contributed by atoms with E-state index in [0.717, 1.165) is 39.9 Å². The summed E-state index contributed by atoms with van der Waals surface area (Å²) in [5, 5.41) is 1.04. The van der Waals surface area contributed by atoms with Crippen molar-refractivity contribution in [2.45, 2.75) is 26.9 Å². The molecule has 0 spiro atoms. The maximum atomic E-state index is 6.25. The first-order chi connectivity index (χ1) is 15.5. The molecule has 2 aliphatic rings. The Balaban J connectivity index is 1.48. The largest absolute Gasteiger partial charge is 0.423 e. The summed E-state index contributed by atoms with van der Waals surface area (Å²) in [4.78, 5) is 20.8. The molecular formula is C24H23BN6O. The molecule has 0 saturated carbocycles. The van der Waals surface area contributed by atoms with Gasteiger partial charge in [-0.15, -0.1) is 0 Å².